The lowest BCUT2D eigenvalue weighted by molar-refractivity contribution is -0.672. The van der Waals surface area contributed by atoms with Crippen LogP contribution in [-0.2, 0) is 0 Å². The van der Waals surface area contributed by atoms with Gasteiger partial charge in [0.15, 0.2) is 5.95 Å². The number of pyridine rings is 1. The second kappa shape index (κ2) is 6.61. The van der Waals surface area contributed by atoms with Crippen molar-refractivity contribution in [2.24, 2.45) is 0 Å². The number of ketones is 1. The number of ether oxygens (including phenoxy) is 1. The van der Waals surface area contributed by atoms with Crippen LogP contribution in [0.2, 0.25) is 0 Å². The van der Waals surface area contributed by atoms with E-state index in [1.807, 2.05) is 19.9 Å². The van der Waals surface area contributed by atoms with E-state index < -0.39 is 11.7 Å². The van der Waals surface area contributed by atoms with E-state index in [9.17, 15) is 9.90 Å². The van der Waals surface area contributed by atoms with Crippen LogP contribution < -0.4 is 20.3 Å². The van der Waals surface area contributed by atoms with E-state index in [0.29, 0.717) is 22.0 Å². The van der Waals surface area contributed by atoms with Crippen LogP contribution in [0.1, 0.15) is 26.6 Å². The molecule has 0 spiro atoms. The molecule has 142 valence electrons. The van der Waals surface area contributed by atoms with Crippen LogP contribution in [0.5, 0.6) is 11.7 Å². The number of carbonyl (C=O) groups excluding carboxylic acids is 1. The molecule has 28 heavy (non-hydrogen) atoms. The summed E-state index contributed by atoms with van der Waals surface area (Å²) in [5.74, 6) is -0.758. The largest absolute Gasteiger partial charge is 0.539 e. The summed E-state index contributed by atoms with van der Waals surface area (Å²) < 4.78 is 11.0. The fourth-order valence-electron chi connectivity index (χ4n) is 3.08. The molecular weight excluding hydrogens is 380 g/mol. The Bertz CT molecular complexity index is 1210. The molecule has 0 aliphatic rings. The Hall–Kier alpha value is -3.46. The molecule has 4 rings (SSSR count). The first kappa shape index (κ1) is 17.9. The van der Waals surface area contributed by atoms with E-state index >= 15 is 0 Å². The Morgan fingerprint density at radius 3 is 2.68 bits per heavy atom. The van der Waals surface area contributed by atoms with Crippen LogP contribution >= 0.6 is 11.3 Å². The second-order valence-electron chi connectivity index (χ2n) is 6.25. The normalized spacial score (nSPS) is 11.1. The Balaban J connectivity index is 1.85. The summed E-state index contributed by atoms with van der Waals surface area (Å²) >= 11 is 1.15. The van der Waals surface area contributed by atoms with Gasteiger partial charge in [0, 0.05) is 23.2 Å². The molecule has 0 saturated heterocycles. The second-order valence-corrected chi connectivity index (χ2v) is 7.25. The first-order valence-corrected chi connectivity index (χ1v) is 9.16. The molecule has 0 aliphatic carbocycles. The van der Waals surface area contributed by atoms with Crippen molar-refractivity contribution in [1.82, 2.24) is 10.3 Å². The van der Waals surface area contributed by atoms with Crippen molar-refractivity contribution in [3.63, 3.8) is 0 Å². The van der Waals surface area contributed by atoms with Crippen molar-refractivity contribution in [2.75, 3.05) is 12.8 Å². The van der Waals surface area contributed by atoms with Gasteiger partial charge in [-0.15, -0.1) is 11.3 Å². The maximum atomic E-state index is 13.2. The van der Waals surface area contributed by atoms with Crippen LogP contribution in [0, 0.1) is 13.8 Å². The summed E-state index contributed by atoms with van der Waals surface area (Å²) in [5.41, 5.74) is 8.56. The van der Waals surface area contributed by atoms with Crippen molar-refractivity contribution < 1.29 is 23.8 Å². The summed E-state index contributed by atoms with van der Waals surface area (Å²) in [6.07, 6.45) is 0. The average molecular weight is 396 g/mol. The smallest absolute Gasteiger partial charge is 0.312 e. The molecular formula is C19H16N4O4S. The van der Waals surface area contributed by atoms with Gasteiger partial charge in [0.05, 0.1) is 18.1 Å². The van der Waals surface area contributed by atoms with E-state index in [4.69, 9.17) is 15.0 Å². The lowest BCUT2D eigenvalue weighted by Gasteiger charge is -2.01. The Morgan fingerprint density at radius 1 is 1.29 bits per heavy atom. The van der Waals surface area contributed by atoms with Gasteiger partial charge in [0.25, 0.3) is 5.78 Å². The Morgan fingerprint density at radius 2 is 2.00 bits per heavy atom. The minimum absolute atomic E-state index is 0.224. The van der Waals surface area contributed by atoms with Gasteiger partial charge in [-0.25, -0.2) is 4.98 Å². The topological polar surface area (TPSA) is 118 Å². The zero-order valence-corrected chi connectivity index (χ0v) is 16.2. The maximum absolute atomic E-state index is 13.2. The zero-order chi connectivity index (χ0) is 20.0. The Kier molecular flexibility index (Phi) is 4.23. The predicted octanol–water partition coefficient (Wildman–Crippen LogP) is 2.07. The van der Waals surface area contributed by atoms with Crippen LogP contribution in [0.15, 0.2) is 34.9 Å². The number of nitrogens with two attached hydrogens (primary N) is 1. The van der Waals surface area contributed by atoms with Crippen molar-refractivity contribution in [2.45, 2.75) is 13.8 Å². The van der Waals surface area contributed by atoms with E-state index in [1.54, 1.807) is 31.4 Å². The molecule has 8 nitrogen and oxygen atoms in total. The number of thiophene rings is 1. The van der Waals surface area contributed by atoms with Gasteiger partial charge in [-0.2, -0.15) is 0 Å². The van der Waals surface area contributed by atoms with E-state index in [0.717, 1.165) is 28.0 Å². The van der Waals surface area contributed by atoms with Crippen molar-refractivity contribution >= 4 is 33.0 Å². The van der Waals surface area contributed by atoms with Gasteiger partial charge in [-0.1, -0.05) is 0 Å². The lowest BCUT2D eigenvalue weighted by atomic mass is 10.1. The predicted molar refractivity (Wildman–Crippen MR) is 101 cm³/mol. The highest BCUT2D eigenvalue weighted by molar-refractivity contribution is 7.21. The highest BCUT2D eigenvalue weighted by atomic mass is 32.1. The molecule has 0 bridgehead atoms. The molecule has 0 saturated carbocycles. The molecule has 3 aromatic heterocycles. The first-order chi connectivity index (χ1) is 13.4. The van der Waals surface area contributed by atoms with Gasteiger partial charge in [0.1, 0.15) is 15.5 Å². The first-order valence-electron chi connectivity index (χ1n) is 8.35. The minimum atomic E-state index is -0.835. The molecule has 3 heterocycles. The van der Waals surface area contributed by atoms with Crippen LogP contribution in [0.3, 0.4) is 0 Å². The molecule has 2 N–H and O–H groups in total. The molecule has 0 unspecified atom stereocenters. The quantitative estimate of drug-likeness (QED) is 0.414. The number of nitrogens with zero attached hydrogens (tertiary/aromatic N) is 3. The van der Waals surface area contributed by atoms with Gasteiger partial charge in [0.2, 0.25) is 5.69 Å². The molecule has 9 heteroatoms. The fourth-order valence-corrected chi connectivity index (χ4v) is 4.24. The summed E-state index contributed by atoms with van der Waals surface area (Å²) in [7, 11) is 1.55. The van der Waals surface area contributed by atoms with Crippen LogP contribution in [0.4, 0.5) is 5.69 Å². The van der Waals surface area contributed by atoms with Crippen LogP contribution in [-0.4, -0.2) is 23.1 Å². The molecule has 0 amide bonds. The van der Waals surface area contributed by atoms with Crippen molar-refractivity contribution in [3.05, 3.63) is 52.2 Å². The summed E-state index contributed by atoms with van der Waals surface area (Å²) in [4.78, 5) is 18.5. The van der Waals surface area contributed by atoms with Gasteiger partial charge >= 0.3 is 5.69 Å². The Labute approximate surface area is 163 Å². The highest BCUT2D eigenvalue weighted by Crippen LogP contribution is 2.36. The number of carbonyl (C=O) groups is 1. The number of fused-ring (bicyclic) bond motifs is 1. The number of aromatic nitrogens is 3. The van der Waals surface area contributed by atoms with Gasteiger partial charge < -0.3 is 20.1 Å². The van der Waals surface area contributed by atoms with Crippen molar-refractivity contribution in [1.29, 1.82) is 0 Å². The number of benzene rings is 1. The maximum Gasteiger partial charge on any atom is 0.312 e. The molecule has 0 atom stereocenters. The monoisotopic (exact) mass is 396 g/mol. The third-order valence-corrected chi connectivity index (χ3v) is 5.47. The molecule has 0 radical (unpaired) electrons. The van der Waals surface area contributed by atoms with Gasteiger partial charge in [-0.3, -0.25) is 4.79 Å². The SMILES string of the molecule is COc1ccc(-[n+]2noc([O-])c2C(=O)c2sc3nc(C)cc(C)c3c2N)cc1. The van der Waals surface area contributed by atoms with E-state index in [2.05, 4.69) is 10.3 Å². The lowest BCUT2D eigenvalue weighted by Crippen LogP contribution is -2.39. The third kappa shape index (κ3) is 2.76. The van der Waals surface area contributed by atoms with E-state index in [1.165, 1.54) is 4.68 Å². The minimum Gasteiger partial charge on any atom is -0.539 e. The number of nitrogen functional groups attached to an aromatic ring is 1. The van der Waals surface area contributed by atoms with Crippen LogP contribution in [0.25, 0.3) is 15.9 Å². The molecule has 1 aromatic carbocycles. The number of aryl methyl sites for hydroxylation is 2. The zero-order valence-electron chi connectivity index (χ0n) is 15.3. The number of methoxy groups -OCH3 is 1. The van der Waals surface area contributed by atoms with Crippen molar-refractivity contribution in [3.8, 4) is 17.4 Å². The fraction of sp³-hybridized carbons (Fsp3) is 0.158. The standard InChI is InChI=1S/C19H16N4O4S/c1-9-8-10(2)21-18-13(9)14(20)17(28-18)16(24)15-19(25)27-22-23(15)11-4-6-12(26-3)7-5-11/h4-8H,1-3H3,(H2-,20,22,24,25). The van der Waals surface area contributed by atoms with Gasteiger partial charge in [-0.05, 0) is 42.3 Å². The summed E-state index contributed by atoms with van der Waals surface area (Å²) in [5, 5.41) is 16.7. The number of hydrogen-bond donors (Lipinski definition) is 1. The summed E-state index contributed by atoms with van der Waals surface area (Å²) in [6, 6.07) is 8.62. The molecule has 4 aromatic rings. The highest BCUT2D eigenvalue weighted by Gasteiger charge is 2.32. The number of anilines is 1. The number of hydrogen-bond acceptors (Lipinski definition) is 8. The molecule has 0 aliphatic heterocycles. The average Bonchev–Trinajstić information content (AvgIpc) is 3.21. The number of rotatable bonds is 4. The molecule has 0 fully saturated rings. The summed E-state index contributed by atoms with van der Waals surface area (Å²) in [6.45, 7) is 3.78. The third-order valence-electron chi connectivity index (χ3n) is 4.37. The van der Waals surface area contributed by atoms with E-state index in [-0.39, 0.29) is 10.6 Å².